The van der Waals surface area contributed by atoms with Crippen molar-refractivity contribution in [3.63, 3.8) is 0 Å². The highest BCUT2D eigenvalue weighted by Gasteiger charge is 1.88. The molecule has 0 radical (unpaired) electrons. The maximum absolute atomic E-state index is 9.83. The Bertz CT molecular complexity index is 282. The first-order valence-corrected chi connectivity index (χ1v) is 3.31. The largest absolute Gasteiger partial charge is 0.459 e. The third-order valence-electron chi connectivity index (χ3n) is 1.13. The predicted molar refractivity (Wildman–Crippen MR) is 43.2 cm³/mol. The molecule has 62 valence electrons. The van der Waals surface area contributed by atoms with Crippen LogP contribution in [0.3, 0.4) is 0 Å². The van der Waals surface area contributed by atoms with Crippen molar-refractivity contribution in [2.75, 3.05) is 0 Å². The standard InChI is InChI=1S/C8H7NO3/c10-9(11)6-7-12-8-4-2-1-3-5-8/h1-7H. The number of hydrogen-bond donors (Lipinski definition) is 0. The van der Waals surface area contributed by atoms with Gasteiger partial charge in [-0.05, 0) is 12.1 Å². The molecule has 1 aromatic carbocycles. The van der Waals surface area contributed by atoms with E-state index in [1.165, 1.54) is 0 Å². The van der Waals surface area contributed by atoms with E-state index < -0.39 is 4.92 Å². The van der Waals surface area contributed by atoms with Gasteiger partial charge < -0.3 is 4.74 Å². The molecule has 0 saturated carbocycles. The van der Waals surface area contributed by atoms with Crippen LogP contribution < -0.4 is 4.74 Å². The summed E-state index contributed by atoms with van der Waals surface area (Å²) in [4.78, 5) is 9.25. The highest BCUT2D eigenvalue weighted by atomic mass is 16.6. The van der Waals surface area contributed by atoms with Gasteiger partial charge in [0.2, 0.25) is 0 Å². The third-order valence-corrected chi connectivity index (χ3v) is 1.13. The molecular weight excluding hydrogens is 158 g/mol. The Hall–Kier alpha value is -1.84. The number of para-hydroxylation sites is 1. The second-order valence-electron chi connectivity index (χ2n) is 2.00. The van der Waals surface area contributed by atoms with Crippen molar-refractivity contribution < 1.29 is 9.66 Å². The van der Waals surface area contributed by atoms with E-state index in [0.717, 1.165) is 12.5 Å². The Kier molecular flexibility index (Phi) is 2.84. The molecule has 0 unspecified atom stereocenters. The lowest BCUT2D eigenvalue weighted by atomic mass is 10.3. The number of rotatable bonds is 3. The summed E-state index contributed by atoms with van der Waals surface area (Å²) >= 11 is 0. The fourth-order valence-corrected chi connectivity index (χ4v) is 0.658. The van der Waals surface area contributed by atoms with E-state index in [4.69, 9.17) is 4.74 Å². The van der Waals surface area contributed by atoms with Gasteiger partial charge in [-0.3, -0.25) is 10.1 Å². The Morgan fingerprint density at radius 3 is 2.58 bits per heavy atom. The van der Waals surface area contributed by atoms with Gasteiger partial charge in [-0.2, -0.15) is 0 Å². The van der Waals surface area contributed by atoms with Gasteiger partial charge in [0, 0.05) is 0 Å². The van der Waals surface area contributed by atoms with Crippen LogP contribution in [-0.4, -0.2) is 4.92 Å². The number of nitrogens with zero attached hydrogens (tertiary/aromatic N) is 1. The van der Waals surface area contributed by atoms with Crippen molar-refractivity contribution in [1.82, 2.24) is 0 Å². The van der Waals surface area contributed by atoms with Crippen LogP contribution in [0.2, 0.25) is 0 Å². The molecule has 4 nitrogen and oxygen atoms in total. The Balaban J connectivity index is 2.49. The molecule has 0 aliphatic rings. The quantitative estimate of drug-likeness (QED) is 0.390. The van der Waals surface area contributed by atoms with Gasteiger partial charge >= 0.3 is 0 Å². The van der Waals surface area contributed by atoms with Crippen LogP contribution in [0, 0.1) is 10.1 Å². The van der Waals surface area contributed by atoms with E-state index in [0.29, 0.717) is 5.75 Å². The fourth-order valence-electron chi connectivity index (χ4n) is 0.658. The van der Waals surface area contributed by atoms with E-state index in [-0.39, 0.29) is 0 Å². The SMILES string of the molecule is O=[N+]([O-])C=COc1ccccc1. The Morgan fingerprint density at radius 2 is 2.00 bits per heavy atom. The van der Waals surface area contributed by atoms with Crippen LogP contribution in [0.4, 0.5) is 0 Å². The van der Waals surface area contributed by atoms with Crippen LogP contribution in [-0.2, 0) is 0 Å². The molecule has 0 spiro atoms. The van der Waals surface area contributed by atoms with Gasteiger partial charge in [-0.15, -0.1) is 0 Å². The molecule has 0 fully saturated rings. The minimum atomic E-state index is -0.580. The molecule has 0 saturated heterocycles. The second kappa shape index (κ2) is 4.12. The summed E-state index contributed by atoms with van der Waals surface area (Å²) in [6.07, 6.45) is 1.78. The van der Waals surface area contributed by atoms with Crippen molar-refractivity contribution in [2.45, 2.75) is 0 Å². The smallest absolute Gasteiger partial charge is 0.269 e. The summed E-state index contributed by atoms with van der Waals surface area (Å²) in [5.74, 6) is 0.579. The Morgan fingerprint density at radius 1 is 1.33 bits per heavy atom. The monoisotopic (exact) mass is 165 g/mol. The van der Waals surface area contributed by atoms with Gasteiger partial charge in [-0.1, -0.05) is 18.2 Å². The maximum Gasteiger partial charge on any atom is 0.269 e. The van der Waals surface area contributed by atoms with Gasteiger partial charge in [0.05, 0.1) is 4.92 Å². The molecule has 0 amide bonds. The molecule has 0 aliphatic carbocycles. The maximum atomic E-state index is 9.83. The molecule has 1 aromatic rings. The summed E-state index contributed by atoms with van der Waals surface area (Å²) in [7, 11) is 0. The summed E-state index contributed by atoms with van der Waals surface area (Å²) in [6.45, 7) is 0. The van der Waals surface area contributed by atoms with Gasteiger partial charge in [0.25, 0.3) is 6.20 Å². The third kappa shape index (κ3) is 2.83. The lowest BCUT2D eigenvalue weighted by Gasteiger charge is -1.95. The van der Waals surface area contributed by atoms with Crippen molar-refractivity contribution >= 4 is 0 Å². The van der Waals surface area contributed by atoms with Crippen molar-refractivity contribution in [2.24, 2.45) is 0 Å². The van der Waals surface area contributed by atoms with Crippen LogP contribution in [0.5, 0.6) is 5.75 Å². The summed E-state index contributed by atoms with van der Waals surface area (Å²) in [5.41, 5.74) is 0. The molecule has 0 N–H and O–H groups in total. The number of benzene rings is 1. The summed E-state index contributed by atoms with van der Waals surface area (Å²) in [5, 5.41) is 9.83. The van der Waals surface area contributed by atoms with Crippen LogP contribution in [0.25, 0.3) is 0 Å². The lowest BCUT2D eigenvalue weighted by molar-refractivity contribution is -0.403. The van der Waals surface area contributed by atoms with Gasteiger partial charge in [-0.25, -0.2) is 0 Å². The zero-order chi connectivity index (χ0) is 8.81. The lowest BCUT2D eigenvalue weighted by Crippen LogP contribution is -1.86. The van der Waals surface area contributed by atoms with Crippen LogP contribution in [0.15, 0.2) is 42.8 Å². The minimum Gasteiger partial charge on any atom is -0.459 e. The van der Waals surface area contributed by atoms with E-state index >= 15 is 0 Å². The minimum absolute atomic E-state index is 0.579. The van der Waals surface area contributed by atoms with E-state index in [1.807, 2.05) is 6.07 Å². The number of nitro groups is 1. The van der Waals surface area contributed by atoms with Crippen LogP contribution in [0.1, 0.15) is 0 Å². The molecule has 0 aliphatic heterocycles. The highest BCUT2D eigenvalue weighted by molar-refractivity contribution is 5.21. The molecule has 1 rings (SSSR count). The average molecular weight is 165 g/mol. The van der Waals surface area contributed by atoms with E-state index in [1.54, 1.807) is 24.3 Å². The van der Waals surface area contributed by atoms with E-state index in [9.17, 15) is 10.1 Å². The van der Waals surface area contributed by atoms with Crippen LogP contribution >= 0.6 is 0 Å². The molecule has 4 heteroatoms. The first kappa shape index (κ1) is 8.26. The zero-order valence-electron chi connectivity index (χ0n) is 6.21. The topological polar surface area (TPSA) is 52.4 Å². The van der Waals surface area contributed by atoms with E-state index in [2.05, 4.69) is 0 Å². The molecule has 0 aromatic heterocycles. The van der Waals surface area contributed by atoms with Gasteiger partial charge in [0.1, 0.15) is 5.75 Å². The molecule has 0 atom stereocenters. The first-order chi connectivity index (χ1) is 5.79. The second-order valence-corrected chi connectivity index (χ2v) is 2.00. The normalized spacial score (nSPS) is 10.0. The number of hydrogen-bond acceptors (Lipinski definition) is 3. The highest BCUT2D eigenvalue weighted by Crippen LogP contribution is 2.07. The van der Waals surface area contributed by atoms with Gasteiger partial charge in [0.15, 0.2) is 6.26 Å². The molecule has 12 heavy (non-hydrogen) atoms. The summed E-state index contributed by atoms with van der Waals surface area (Å²) in [6, 6.07) is 8.84. The number of ether oxygens (including phenoxy) is 1. The van der Waals surface area contributed by atoms with Crippen molar-refractivity contribution in [1.29, 1.82) is 0 Å². The molecular formula is C8H7NO3. The Labute approximate surface area is 69.2 Å². The fraction of sp³-hybridized carbons (Fsp3) is 0. The molecule has 0 bridgehead atoms. The predicted octanol–water partition coefficient (Wildman–Crippen LogP) is 1.81. The summed E-state index contributed by atoms with van der Waals surface area (Å²) < 4.78 is 4.89. The zero-order valence-corrected chi connectivity index (χ0v) is 6.21. The molecule has 0 heterocycles. The average Bonchev–Trinajstić information content (AvgIpc) is 2.05. The van der Waals surface area contributed by atoms with Crippen molar-refractivity contribution in [3.05, 3.63) is 52.9 Å². The van der Waals surface area contributed by atoms with Crippen molar-refractivity contribution in [3.8, 4) is 5.75 Å². The first-order valence-electron chi connectivity index (χ1n) is 3.31.